The molecule has 0 spiro atoms. The zero-order chi connectivity index (χ0) is 19.1. The molecule has 0 unspecified atom stereocenters. The van der Waals surface area contributed by atoms with Gasteiger partial charge < -0.3 is 21.3 Å². The van der Waals surface area contributed by atoms with E-state index in [9.17, 15) is 9.59 Å². The van der Waals surface area contributed by atoms with E-state index in [2.05, 4.69) is 22.8 Å². The summed E-state index contributed by atoms with van der Waals surface area (Å²) in [6.45, 7) is 1.96. The van der Waals surface area contributed by atoms with Crippen LogP contribution in [-0.2, 0) is 11.3 Å². The average Bonchev–Trinajstić information content (AvgIpc) is 3.22. The first kappa shape index (κ1) is 22.8. The molecule has 0 aromatic heterocycles. The molecule has 4 N–H and O–H groups in total. The molecule has 2 heterocycles. The van der Waals surface area contributed by atoms with Gasteiger partial charge >= 0.3 is 6.03 Å². The lowest BCUT2D eigenvalue weighted by Gasteiger charge is -2.23. The molecule has 0 aliphatic carbocycles. The number of nitrogens with two attached hydrogens (primary N) is 1. The highest BCUT2D eigenvalue weighted by atomic mass is 35.5. The fourth-order valence-corrected chi connectivity index (χ4v) is 5.34. The van der Waals surface area contributed by atoms with Gasteiger partial charge in [0.15, 0.2) is 0 Å². The van der Waals surface area contributed by atoms with Gasteiger partial charge in [0.25, 0.3) is 0 Å². The summed E-state index contributed by atoms with van der Waals surface area (Å²) < 4.78 is 0. The zero-order valence-corrected chi connectivity index (χ0v) is 17.8. The van der Waals surface area contributed by atoms with E-state index in [0.29, 0.717) is 31.3 Å². The second kappa shape index (κ2) is 11.5. The van der Waals surface area contributed by atoms with Crippen LogP contribution in [0.3, 0.4) is 0 Å². The molecule has 2 saturated heterocycles. The van der Waals surface area contributed by atoms with E-state index in [-0.39, 0.29) is 36.4 Å². The Bertz CT molecular complexity index is 634. The predicted molar refractivity (Wildman–Crippen MR) is 117 cm³/mol. The Morgan fingerprint density at radius 1 is 1.18 bits per heavy atom. The molecule has 8 heteroatoms. The van der Waals surface area contributed by atoms with Crippen LogP contribution >= 0.6 is 24.2 Å². The Balaban J connectivity index is 0.00000280. The summed E-state index contributed by atoms with van der Waals surface area (Å²) in [6.07, 6.45) is 4.35. The van der Waals surface area contributed by atoms with Crippen molar-refractivity contribution in [3.05, 3.63) is 35.9 Å². The average molecular weight is 427 g/mol. The summed E-state index contributed by atoms with van der Waals surface area (Å²) in [7, 11) is 0. The lowest BCUT2D eigenvalue weighted by atomic mass is 10.0. The molecule has 3 atom stereocenters. The third-order valence-electron chi connectivity index (χ3n) is 5.27. The fourth-order valence-electron chi connectivity index (χ4n) is 3.80. The third-order valence-corrected chi connectivity index (χ3v) is 6.78. The number of rotatable bonds is 10. The van der Waals surface area contributed by atoms with Crippen molar-refractivity contribution in [2.24, 2.45) is 5.73 Å². The first-order valence-electron chi connectivity index (χ1n) is 9.88. The van der Waals surface area contributed by atoms with Crippen molar-refractivity contribution in [2.45, 2.75) is 56.0 Å². The van der Waals surface area contributed by atoms with Crippen LogP contribution in [0, 0.1) is 0 Å². The van der Waals surface area contributed by atoms with Gasteiger partial charge in [-0.05, 0) is 31.4 Å². The van der Waals surface area contributed by atoms with Crippen molar-refractivity contribution in [2.75, 3.05) is 18.8 Å². The van der Waals surface area contributed by atoms with Crippen LogP contribution in [0.15, 0.2) is 30.3 Å². The quantitative estimate of drug-likeness (QED) is 0.396. The van der Waals surface area contributed by atoms with Gasteiger partial charge in [-0.25, -0.2) is 4.79 Å². The molecule has 1 aromatic carbocycles. The number of urea groups is 1. The smallest absolute Gasteiger partial charge is 0.315 e. The molecule has 0 radical (unpaired) electrons. The van der Waals surface area contributed by atoms with Gasteiger partial charge in [0.2, 0.25) is 5.91 Å². The van der Waals surface area contributed by atoms with Gasteiger partial charge in [-0.2, -0.15) is 11.8 Å². The maximum absolute atomic E-state index is 12.7. The van der Waals surface area contributed by atoms with Crippen LogP contribution in [0.25, 0.3) is 0 Å². The van der Waals surface area contributed by atoms with Crippen LogP contribution in [0.2, 0.25) is 0 Å². The number of nitrogens with zero attached hydrogens (tertiary/aromatic N) is 1. The SMILES string of the molecule is Cl.NCCCN(Cc1ccccc1)C(=O)CCCC[C@@H]1SC[C@@H]2NC(=O)N[C@@H]21. The second-order valence-corrected chi connectivity index (χ2v) is 8.58. The molecule has 3 rings (SSSR count). The van der Waals surface area contributed by atoms with E-state index < -0.39 is 0 Å². The van der Waals surface area contributed by atoms with Gasteiger partial charge in [0, 0.05) is 30.5 Å². The van der Waals surface area contributed by atoms with E-state index in [4.69, 9.17) is 5.73 Å². The molecule has 1 aromatic rings. The lowest BCUT2D eigenvalue weighted by molar-refractivity contribution is -0.132. The topological polar surface area (TPSA) is 87.5 Å². The Hall–Kier alpha value is -1.44. The van der Waals surface area contributed by atoms with Crippen molar-refractivity contribution < 1.29 is 9.59 Å². The number of benzene rings is 1. The molecule has 156 valence electrons. The molecule has 3 amide bonds. The highest BCUT2D eigenvalue weighted by Gasteiger charge is 2.42. The van der Waals surface area contributed by atoms with Gasteiger partial charge in [-0.15, -0.1) is 12.4 Å². The Morgan fingerprint density at radius 2 is 1.96 bits per heavy atom. The number of hydrogen-bond donors (Lipinski definition) is 3. The van der Waals surface area contributed by atoms with E-state index in [0.717, 1.165) is 37.0 Å². The number of thioether (sulfide) groups is 1. The summed E-state index contributed by atoms with van der Waals surface area (Å²) in [4.78, 5) is 26.1. The molecule has 2 aliphatic heterocycles. The van der Waals surface area contributed by atoms with Crippen LogP contribution in [0.4, 0.5) is 4.79 Å². The Morgan fingerprint density at radius 3 is 2.71 bits per heavy atom. The molecular weight excluding hydrogens is 396 g/mol. The minimum absolute atomic E-state index is 0. The molecule has 2 fully saturated rings. The number of carbonyl (C=O) groups excluding carboxylic acids is 2. The number of nitrogens with one attached hydrogen (secondary N) is 2. The minimum Gasteiger partial charge on any atom is -0.338 e. The number of hydrogen-bond acceptors (Lipinski definition) is 4. The van der Waals surface area contributed by atoms with E-state index in [1.807, 2.05) is 34.9 Å². The van der Waals surface area contributed by atoms with Crippen molar-refractivity contribution in [3.8, 4) is 0 Å². The highest BCUT2D eigenvalue weighted by molar-refractivity contribution is 8.00. The van der Waals surface area contributed by atoms with Crippen LogP contribution in [-0.4, -0.2) is 53.0 Å². The van der Waals surface area contributed by atoms with Crippen molar-refractivity contribution in [1.82, 2.24) is 15.5 Å². The number of unbranched alkanes of at least 4 members (excludes halogenated alkanes) is 1. The standard InChI is InChI=1S/C20H30N4O2S.ClH/c21-11-6-12-24(13-15-7-2-1-3-8-15)18(25)10-5-4-9-17-19-16(14-27-17)22-20(26)23-19;/h1-3,7-8,16-17,19H,4-6,9-14,21H2,(H2,22,23,26);1H/t16-,17-,19-;/m0./s1. The Labute approximate surface area is 177 Å². The summed E-state index contributed by atoms with van der Waals surface area (Å²) in [6, 6.07) is 10.6. The number of halogens is 1. The minimum atomic E-state index is -0.0399. The summed E-state index contributed by atoms with van der Waals surface area (Å²) in [5, 5.41) is 6.46. The first-order valence-corrected chi connectivity index (χ1v) is 10.9. The van der Waals surface area contributed by atoms with Gasteiger partial charge in [0.05, 0.1) is 12.1 Å². The summed E-state index contributed by atoms with van der Waals surface area (Å²) >= 11 is 1.93. The zero-order valence-electron chi connectivity index (χ0n) is 16.1. The first-order chi connectivity index (χ1) is 13.2. The van der Waals surface area contributed by atoms with Crippen LogP contribution in [0.5, 0.6) is 0 Å². The number of amides is 3. The Kier molecular flexibility index (Phi) is 9.41. The highest BCUT2D eigenvalue weighted by Crippen LogP contribution is 2.33. The number of fused-ring (bicyclic) bond motifs is 1. The van der Waals surface area contributed by atoms with Crippen molar-refractivity contribution in [3.63, 3.8) is 0 Å². The second-order valence-electron chi connectivity index (χ2n) is 7.31. The summed E-state index contributed by atoms with van der Waals surface area (Å²) in [5.74, 6) is 1.19. The third kappa shape index (κ3) is 6.29. The summed E-state index contributed by atoms with van der Waals surface area (Å²) in [5.41, 5.74) is 6.79. The lowest BCUT2D eigenvalue weighted by Crippen LogP contribution is -2.36. The van der Waals surface area contributed by atoms with Crippen LogP contribution in [0.1, 0.15) is 37.7 Å². The molecule has 28 heavy (non-hydrogen) atoms. The maximum atomic E-state index is 12.7. The normalized spacial score (nSPS) is 22.8. The maximum Gasteiger partial charge on any atom is 0.315 e. The molecule has 0 bridgehead atoms. The molecule has 0 saturated carbocycles. The van der Waals surface area contributed by atoms with Crippen LogP contribution < -0.4 is 16.4 Å². The molecule has 2 aliphatic rings. The fraction of sp³-hybridized carbons (Fsp3) is 0.600. The predicted octanol–water partition coefficient (Wildman–Crippen LogP) is 2.51. The van der Waals surface area contributed by atoms with Crippen molar-refractivity contribution in [1.29, 1.82) is 0 Å². The molecular formula is C20H31ClN4O2S. The molecule has 6 nitrogen and oxygen atoms in total. The van der Waals surface area contributed by atoms with Gasteiger partial charge in [-0.1, -0.05) is 36.8 Å². The van der Waals surface area contributed by atoms with Gasteiger partial charge in [0.1, 0.15) is 0 Å². The van der Waals surface area contributed by atoms with Crippen molar-refractivity contribution >= 4 is 36.1 Å². The van der Waals surface area contributed by atoms with E-state index in [1.54, 1.807) is 0 Å². The van der Waals surface area contributed by atoms with E-state index in [1.165, 1.54) is 0 Å². The monoisotopic (exact) mass is 426 g/mol. The van der Waals surface area contributed by atoms with Gasteiger partial charge in [-0.3, -0.25) is 4.79 Å². The largest absolute Gasteiger partial charge is 0.338 e. The number of carbonyl (C=O) groups is 2. The van der Waals surface area contributed by atoms with E-state index >= 15 is 0 Å².